The average Bonchev–Trinajstić information content (AvgIpc) is 3.03. The van der Waals surface area contributed by atoms with Gasteiger partial charge in [0.05, 0.1) is 5.69 Å². The van der Waals surface area contributed by atoms with Crippen molar-refractivity contribution in [3.63, 3.8) is 0 Å². The van der Waals surface area contributed by atoms with Gasteiger partial charge in [-0.3, -0.25) is 4.90 Å². The molecule has 3 nitrogen and oxygen atoms in total. The number of thiazole rings is 1. The zero-order chi connectivity index (χ0) is 17.1. The van der Waals surface area contributed by atoms with Gasteiger partial charge in [-0.25, -0.2) is 9.37 Å². The Balaban J connectivity index is 1.75. The zero-order valence-corrected chi connectivity index (χ0v) is 14.4. The number of aromatic hydroxyl groups is 1. The predicted molar refractivity (Wildman–Crippen MR) is 95.5 cm³/mol. The summed E-state index contributed by atoms with van der Waals surface area (Å²) < 4.78 is 13.9. The molecule has 0 radical (unpaired) electrons. The molecule has 1 atom stereocenters. The minimum absolute atomic E-state index is 0.0461. The molecule has 1 aromatic heterocycles. The summed E-state index contributed by atoms with van der Waals surface area (Å²) in [7, 11) is 1.99. The highest BCUT2D eigenvalue weighted by Gasteiger charge is 2.17. The molecular formula is C19H19FN2OS. The molecule has 0 saturated carbocycles. The average molecular weight is 342 g/mol. The van der Waals surface area contributed by atoms with E-state index in [1.54, 1.807) is 18.2 Å². The SMILES string of the molecule is CC(c1ccccc1O)N(C)Cc1csc(-c2ccccc2F)n1. The van der Waals surface area contributed by atoms with Crippen LogP contribution < -0.4 is 0 Å². The lowest BCUT2D eigenvalue weighted by molar-refractivity contribution is 0.246. The molecule has 0 aliphatic heterocycles. The molecular weight excluding hydrogens is 323 g/mol. The summed E-state index contributed by atoms with van der Waals surface area (Å²) in [5.41, 5.74) is 2.30. The predicted octanol–water partition coefficient (Wildman–Crippen LogP) is 4.85. The Morgan fingerprint density at radius 2 is 1.88 bits per heavy atom. The van der Waals surface area contributed by atoms with Crippen molar-refractivity contribution in [1.29, 1.82) is 0 Å². The fourth-order valence-electron chi connectivity index (χ4n) is 2.61. The van der Waals surface area contributed by atoms with Crippen molar-refractivity contribution in [1.82, 2.24) is 9.88 Å². The summed E-state index contributed by atoms with van der Waals surface area (Å²) in [6.07, 6.45) is 0. The molecule has 0 aliphatic rings. The normalized spacial score (nSPS) is 12.5. The largest absolute Gasteiger partial charge is 0.508 e. The number of phenols is 1. The van der Waals surface area contributed by atoms with E-state index in [4.69, 9.17) is 0 Å². The second-order valence-corrected chi connectivity index (χ2v) is 6.63. The number of phenolic OH excluding ortho intramolecular Hbond substituents is 1. The van der Waals surface area contributed by atoms with Crippen LogP contribution in [0.2, 0.25) is 0 Å². The first-order valence-corrected chi connectivity index (χ1v) is 8.61. The molecule has 0 aliphatic carbocycles. The Hall–Kier alpha value is -2.24. The van der Waals surface area contributed by atoms with Gasteiger partial charge < -0.3 is 5.11 Å². The first-order chi connectivity index (χ1) is 11.6. The van der Waals surface area contributed by atoms with Crippen LogP contribution in [0, 0.1) is 5.82 Å². The fourth-order valence-corrected chi connectivity index (χ4v) is 3.45. The molecule has 124 valence electrons. The second kappa shape index (κ2) is 7.11. The van der Waals surface area contributed by atoms with Crippen molar-refractivity contribution in [3.8, 4) is 16.3 Å². The van der Waals surface area contributed by atoms with Crippen LogP contribution in [0.25, 0.3) is 10.6 Å². The van der Waals surface area contributed by atoms with Crippen molar-refractivity contribution in [2.45, 2.75) is 19.5 Å². The third kappa shape index (κ3) is 3.47. The molecule has 2 aromatic carbocycles. The molecule has 0 bridgehead atoms. The first-order valence-electron chi connectivity index (χ1n) is 7.73. The summed E-state index contributed by atoms with van der Waals surface area (Å²) >= 11 is 1.44. The minimum atomic E-state index is -0.255. The number of hydrogen-bond acceptors (Lipinski definition) is 4. The van der Waals surface area contributed by atoms with Crippen LogP contribution in [-0.2, 0) is 6.54 Å². The Labute approximate surface area is 145 Å². The van der Waals surface area contributed by atoms with Crippen LogP contribution in [0.4, 0.5) is 4.39 Å². The van der Waals surface area contributed by atoms with Gasteiger partial charge in [0, 0.05) is 29.1 Å². The third-order valence-corrected chi connectivity index (χ3v) is 5.04. The lowest BCUT2D eigenvalue weighted by Crippen LogP contribution is -2.22. The van der Waals surface area contributed by atoms with Crippen LogP contribution in [0.1, 0.15) is 24.2 Å². The number of halogens is 1. The van der Waals surface area contributed by atoms with Gasteiger partial charge in [-0.2, -0.15) is 0 Å². The van der Waals surface area contributed by atoms with E-state index in [9.17, 15) is 9.50 Å². The Bertz CT molecular complexity index is 833. The van der Waals surface area contributed by atoms with Gasteiger partial charge in [0.1, 0.15) is 16.6 Å². The summed E-state index contributed by atoms with van der Waals surface area (Å²) in [6.45, 7) is 2.67. The van der Waals surface area contributed by atoms with E-state index in [1.165, 1.54) is 17.4 Å². The molecule has 3 aromatic rings. The molecule has 0 saturated heterocycles. The number of hydrogen-bond donors (Lipinski definition) is 1. The molecule has 0 fully saturated rings. The van der Waals surface area contributed by atoms with Crippen LogP contribution in [0.3, 0.4) is 0 Å². The maximum absolute atomic E-state index is 13.9. The van der Waals surface area contributed by atoms with Crippen LogP contribution in [0.5, 0.6) is 5.75 Å². The van der Waals surface area contributed by atoms with Crippen molar-refractivity contribution in [2.24, 2.45) is 0 Å². The zero-order valence-electron chi connectivity index (χ0n) is 13.6. The van der Waals surface area contributed by atoms with E-state index < -0.39 is 0 Å². The number of aromatic nitrogens is 1. The van der Waals surface area contributed by atoms with Crippen molar-refractivity contribution < 1.29 is 9.50 Å². The smallest absolute Gasteiger partial charge is 0.133 e. The van der Waals surface area contributed by atoms with Gasteiger partial charge in [0.25, 0.3) is 0 Å². The molecule has 1 heterocycles. The Morgan fingerprint density at radius 3 is 2.62 bits per heavy atom. The topological polar surface area (TPSA) is 36.4 Å². The molecule has 3 rings (SSSR count). The summed E-state index contributed by atoms with van der Waals surface area (Å²) in [4.78, 5) is 6.66. The fraction of sp³-hybridized carbons (Fsp3) is 0.211. The van der Waals surface area contributed by atoms with Crippen molar-refractivity contribution >= 4 is 11.3 Å². The highest BCUT2D eigenvalue weighted by molar-refractivity contribution is 7.13. The van der Waals surface area contributed by atoms with Gasteiger partial charge in [-0.15, -0.1) is 11.3 Å². The van der Waals surface area contributed by atoms with E-state index in [-0.39, 0.29) is 11.9 Å². The molecule has 1 unspecified atom stereocenters. The number of benzene rings is 2. The van der Waals surface area contributed by atoms with E-state index in [2.05, 4.69) is 9.88 Å². The summed E-state index contributed by atoms with van der Waals surface area (Å²) in [5.74, 6) is 0.0384. The van der Waals surface area contributed by atoms with Gasteiger partial charge in [0.15, 0.2) is 0 Å². The minimum Gasteiger partial charge on any atom is -0.508 e. The number of nitrogens with zero attached hydrogens (tertiary/aromatic N) is 2. The molecule has 0 amide bonds. The Morgan fingerprint density at radius 1 is 1.17 bits per heavy atom. The third-order valence-electron chi connectivity index (χ3n) is 4.12. The van der Waals surface area contributed by atoms with Gasteiger partial charge in [-0.1, -0.05) is 30.3 Å². The maximum atomic E-state index is 13.9. The number of rotatable bonds is 5. The molecule has 24 heavy (non-hydrogen) atoms. The van der Waals surface area contributed by atoms with Crippen LogP contribution in [-0.4, -0.2) is 22.0 Å². The van der Waals surface area contributed by atoms with Gasteiger partial charge >= 0.3 is 0 Å². The number of para-hydroxylation sites is 1. The van der Waals surface area contributed by atoms with Gasteiger partial charge in [-0.05, 0) is 32.2 Å². The summed E-state index contributed by atoms with van der Waals surface area (Å²) in [5, 5.41) is 12.6. The van der Waals surface area contributed by atoms with Crippen LogP contribution in [0.15, 0.2) is 53.9 Å². The Kier molecular flexibility index (Phi) is 4.92. The van der Waals surface area contributed by atoms with Crippen molar-refractivity contribution in [2.75, 3.05) is 7.05 Å². The first kappa shape index (κ1) is 16.6. The highest BCUT2D eigenvalue weighted by Crippen LogP contribution is 2.30. The highest BCUT2D eigenvalue weighted by atomic mass is 32.1. The van der Waals surface area contributed by atoms with Crippen LogP contribution >= 0.6 is 11.3 Å². The summed E-state index contributed by atoms with van der Waals surface area (Å²) in [6, 6.07) is 14.1. The monoisotopic (exact) mass is 342 g/mol. The standard InChI is InChI=1S/C19H19FN2OS/c1-13(15-7-4-6-10-18(15)23)22(2)11-14-12-24-19(21-14)16-8-3-5-9-17(16)20/h3-10,12-13,23H,11H2,1-2H3. The van der Waals surface area contributed by atoms with E-state index >= 15 is 0 Å². The lowest BCUT2D eigenvalue weighted by atomic mass is 10.1. The van der Waals surface area contributed by atoms with E-state index in [0.717, 1.165) is 11.3 Å². The maximum Gasteiger partial charge on any atom is 0.133 e. The van der Waals surface area contributed by atoms with Gasteiger partial charge in [0.2, 0.25) is 0 Å². The van der Waals surface area contributed by atoms with E-state index in [0.29, 0.717) is 22.9 Å². The molecule has 0 spiro atoms. The van der Waals surface area contributed by atoms with E-state index in [1.807, 2.05) is 43.6 Å². The molecule has 5 heteroatoms. The molecule has 1 N–H and O–H groups in total. The lowest BCUT2D eigenvalue weighted by Gasteiger charge is -2.24. The second-order valence-electron chi connectivity index (χ2n) is 5.77. The quantitative estimate of drug-likeness (QED) is 0.720. The van der Waals surface area contributed by atoms with Crippen molar-refractivity contribution in [3.05, 3.63) is 71.0 Å².